The second kappa shape index (κ2) is 9.09. The molecule has 2 heteroatoms. The van der Waals surface area contributed by atoms with Crippen LogP contribution >= 0.6 is 0 Å². The van der Waals surface area contributed by atoms with Crippen molar-refractivity contribution in [3.63, 3.8) is 0 Å². The van der Waals surface area contributed by atoms with Crippen LogP contribution in [-0.4, -0.2) is 6.71 Å². The van der Waals surface area contributed by atoms with Gasteiger partial charge in [0.15, 0.2) is 0 Å². The van der Waals surface area contributed by atoms with Gasteiger partial charge in [0, 0.05) is 10.8 Å². The number of para-hydroxylation sites is 1. The van der Waals surface area contributed by atoms with E-state index in [-0.39, 0.29) is 6.71 Å². The van der Waals surface area contributed by atoms with Gasteiger partial charge in [0.25, 0.3) is 0 Å². The van der Waals surface area contributed by atoms with Gasteiger partial charge in [0.05, 0.1) is 0 Å². The summed E-state index contributed by atoms with van der Waals surface area (Å²) in [4.78, 5) is 0. The summed E-state index contributed by atoms with van der Waals surface area (Å²) in [6.07, 6.45) is 0. The van der Waals surface area contributed by atoms with Crippen molar-refractivity contribution < 1.29 is 4.74 Å². The van der Waals surface area contributed by atoms with E-state index < -0.39 is 0 Å². The molecule has 0 bridgehead atoms. The maximum absolute atomic E-state index is 6.82. The second-order valence-corrected chi connectivity index (χ2v) is 11.2. The fourth-order valence-corrected chi connectivity index (χ4v) is 7.15. The zero-order valence-corrected chi connectivity index (χ0v) is 22.9. The van der Waals surface area contributed by atoms with Crippen LogP contribution in [0.25, 0.3) is 54.6 Å². The van der Waals surface area contributed by atoms with Gasteiger partial charge in [-0.2, -0.15) is 0 Å². The third kappa shape index (κ3) is 3.39. The molecule has 1 aliphatic rings. The van der Waals surface area contributed by atoms with Crippen LogP contribution < -0.4 is 21.1 Å². The average Bonchev–Trinajstić information content (AvgIpc) is 3.20. The lowest BCUT2D eigenvalue weighted by Crippen LogP contribution is -2.51. The van der Waals surface area contributed by atoms with Crippen molar-refractivity contribution >= 4 is 55.4 Å². The number of hydrogen-bond donors (Lipinski definition) is 0. The molecule has 9 rings (SSSR count). The summed E-state index contributed by atoms with van der Waals surface area (Å²) < 4.78 is 6.82. The number of benzene rings is 8. The minimum Gasteiger partial charge on any atom is -0.457 e. The zero-order chi connectivity index (χ0) is 27.6. The summed E-state index contributed by atoms with van der Waals surface area (Å²) in [5.41, 5.74) is 8.73. The standard InChI is InChI=1S/C40H25BO/c1-3-11-26(12-4-1)30-15-7-8-16-31(30)32-22-20-28-25-37-40-35(24-21-27-19-23-33(32)38(28)39(27)40)41(29-13-5-2-6-14-29)34-17-9-10-18-36(34)42-37/h1-25H. The molecule has 0 radical (unpaired) electrons. The van der Waals surface area contributed by atoms with E-state index >= 15 is 0 Å². The van der Waals surface area contributed by atoms with Gasteiger partial charge in [-0.1, -0.05) is 150 Å². The van der Waals surface area contributed by atoms with Gasteiger partial charge >= 0.3 is 0 Å². The zero-order valence-electron chi connectivity index (χ0n) is 22.9. The van der Waals surface area contributed by atoms with Gasteiger partial charge in [-0.05, 0) is 61.4 Å². The highest BCUT2D eigenvalue weighted by molar-refractivity contribution is 6.97. The molecule has 194 valence electrons. The van der Waals surface area contributed by atoms with Crippen LogP contribution in [0.3, 0.4) is 0 Å². The predicted molar refractivity (Wildman–Crippen MR) is 179 cm³/mol. The smallest absolute Gasteiger partial charge is 0.247 e. The van der Waals surface area contributed by atoms with Gasteiger partial charge in [-0.15, -0.1) is 0 Å². The Bertz CT molecular complexity index is 2270. The molecule has 0 saturated heterocycles. The Morgan fingerprint density at radius 2 is 1.10 bits per heavy atom. The molecule has 1 aliphatic heterocycles. The first-order valence-corrected chi connectivity index (χ1v) is 14.6. The first-order valence-electron chi connectivity index (χ1n) is 14.6. The van der Waals surface area contributed by atoms with Crippen LogP contribution in [0.5, 0.6) is 11.5 Å². The molecule has 0 fully saturated rings. The Balaban J connectivity index is 1.38. The average molecular weight is 532 g/mol. The molecule has 8 aromatic carbocycles. The molecule has 0 amide bonds. The van der Waals surface area contributed by atoms with E-state index in [2.05, 4.69) is 152 Å². The highest BCUT2D eigenvalue weighted by atomic mass is 16.5. The van der Waals surface area contributed by atoms with E-state index in [1.807, 2.05) is 0 Å². The molecular formula is C40H25BO. The predicted octanol–water partition coefficient (Wildman–Crippen LogP) is 8.54. The first-order chi connectivity index (χ1) is 20.8. The number of rotatable bonds is 3. The molecule has 8 aromatic rings. The van der Waals surface area contributed by atoms with Crippen LogP contribution in [0, 0.1) is 0 Å². The van der Waals surface area contributed by atoms with Crippen molar-refractivity contribution in [2.45, 2.75) is 0 Å². The van der Waals surface area contributed by atoms with Crippen LogP contribution in [0.15, 0.2) is 152 Å². The summed E-state index contributed by atoms with van der Waals surface area (Å²) >= 11 is 0. The maximum atomic E-state index is 6.82. The quantitative estimate of drug-likeness (QED) is 0.164. The van der Waals surface area contributed by atoms with Crippen LogP contribution in [0.2, 0.25) is 0 Å². The highest BCUT2D eigenvalue weighted by Crippen LogP contribution is 2.45. The van der Waals surface area contributed by atoms with E-state index in [0.29, 0.717) is 0 Å². The van der Waals surface area contributed by atoms with Crippen LogP contribution in [0.4, 0.5) is 0 Å². The molecule has 0 atom stereocenters. The largest absolute Gasteiger partial charge is 0.457 e. The second-order valence-electron chi connectivity index (χ2n) is 11.2. The van der Waals surface area contributed by atoms with Crippen molar-refractivity contribution in [3.8, 4) is 33.8 Å². The number of fused-ring (bicyclic) bond motifs is 1. The van der Waals surface area contributed by atoms with Gasteiger partial charge in [0.1, 0.15) is 11.5 Å². The van der Waals surface area contributed by atoms with E-state index in [1.54, 1.807) is 0 Å². The molecule has 0 unspecified atom stereocenters. The molecule has 1 heterocycles. The van der Waals surface area contributed by atoms with Crippen molar-refractivity contribution in [2.24, 2.45) is 0 Å². The van der Waals surface area contributed by atoms with Crippen LogP contribution in [0.1, 0.15) is 0 Å². The lowest BCUT2D eigenvalue weighted by molar-refractivity contribution is 0.493. The van der Waals surface area contributed by atoms with Crippen molar-refractivity contribution in [3.05, 3.63) is 152 Å². The molecule has 0 spiro atoms. The van der Waals surface area contributed by atoms with Gasteiger partial charge in [-0.25, -0.2) is 0 Å². The minimum absolute atomic E-state index is 0.0755. The molecular weight excluding hydrogens is 507 g/mol. The van der Waals surface area contributed by atoms with Crippen molar-refractivity contribution in [1.82, 2.24) is 0 Å². The van der Waals surface area contributed by atoms with Gasteiger partial charge < -0.3 is 4.74 Å². The lowest BCUT2D eigenvalue weighted by Gasteiger charge is -2.20. The van der Waals surface area contributed by atoms with Gasteiger partial charge in [-0.3, -0.25) is 0 Å². The monoisotopic (exact) mass is 532 g/mol. The SMILES string of the molecule is c1ccc(B2c3ccccc3Oc3cc4ccc(-c5ccccc5-c5ccccc5)c5ccc6ccc2c3c6c45)cc1. The summed E-state index contributed by atoms with van der Waals surface area (Å²) in [6, 6.07) is 54.8. The fraction of sp³-hybridized carbons (Fsp3) is 0. The third-order valence-corrected chi connectivity index (χ3v) is 8.96. The molecule has 42 heavy (non-hydrogen) atoms. The number of ether oxygens (including phenoxy) is 1. The number of hydrogen-bond acceptors (Lipinski definition) is 1. The summed E-state index contributed by atoms with van der Waals surface area (Å²) in [5.74, 6) is 1.85. The molecule has 0 N–H and O–H groups in total. The Morgan fingerprint density at radius 3 is 1.95 bits per heavy atom. The topological polar surface area (TPSA) is 9.23 Å². The van der Waals surface area contributed by atoms with Crippen molar-refractivity contribution in [2.75, 3.05) is 0 Å². The lowest BCUT2D eigenvalue weighted by atomic mass is 9.36. The normalized spacial score (nSPS) is 12.4. The first kappa shape index (κ1) is 23.4. The maximum Gasteiger partial charge on any atom is 0.247 e. The Hall–Kier alpha value is -5.34. The Labute approximate surface area is 245 Å². The molecule has 1 nitrogen and oxygen atoms in total. The molecule has 0 saturated carbocycles. The highest BCUT2D eigenvalue weighted by Gasteiger charge is 2.32. The van der Waals surface area contributed by atoms with Crippen LogP contribution in [-0.2, 0) is 0 Å². The summed E-state index contributed by atoms with van der Waals surface area (Å²) in [7, 11) is 0. The third-order valence-electron chi connectivity index (χ3n) is 8.96. The van der Waals surface area contributed by atoms with E-state index in [4.69, 9.17) is 4.74 Å². The minimum atomic E-state index is 0.0755. The Morgan fingerprint density at radius 1 is 0.405 bits per heavy atom. The van der Waals surface area contributed by atoms with E-state index in [1.165, 1.54) is 71.0 Å². The fourth-order valence-electron chi connectivity index (χ4n) is 7.15. The Kier molecular flexibility index (Phi) is 5.06. The molecule has 0 aliphatic carbocycles. The van der Waals surface area contributed by atoms with E-state index in [0.717, 1.165) is 11.5 Å². The van der Waals surface area contributed by atoms with Crippen molar-refractivity contribution in [1.29, 1.82) is 0 Å². The summed E-state index contributed by atoms with van der Waals surface area (Å²) in [6.45, 7) is 0.0755. The van der Waals surface area contributed by atoms with E-state index in [9.17, 15) is 0 Å². The summed E-state index contributed by atoms with van der Waals surface area (Å²) in [5, 5.41) is 7.50. The van der Waals surface area contributed by atoms with Gasteiger partial charge in [0.2, 0.25) is 6.71 Å². The molecule has 0 aromatic heterocycles.